The van der Waals surface area contributed by atoms with Gasteiger partial charge in [-0.05, 0) is 13.8 Å². The third kappa shape index (κ3) is 2.29. The van der Waals surface area contributed by atoms with Crippen LogP contribution in [0.15, 0.2) is 12.3 Å². The Morgan fingerprint density at radius 1 is 1.47 bits per heavy atom. The lowest BCUT2D eigenvalue weighted by Crippen LogP contribution is -2.60. The molecule has 1 aliphatic rings. The van der Waals surface area contributed by atoms with Gasteiger partial charge in [0.15, 0.2) is 0 Å². The molecule has 0 aromatic carbocycles. The standard InChI is InChI=1S/C10H16N2O3/c1-10(2)9(15)11(3)6-7-12(10)5-4-8(13)14/h4-5H,6-7H2,1-3H3,(H,13,14). The predicted octanol–water partition coefficient (Wildman–Crippen LogP) is 0.137. The molecule has 1 saturated heterocycles. The molecule has 0 atom stereocenters. The third-order valence-corrected chi connectivity index (χ3v) is 2.66. The van der Waals surface area contributed by atoms with Crippen molar-refractivity contribution in [3.8, 4) is 0 Å². The van der Waals surface area contributed by atoms with Crippen molar-refractivity contribution in [2.24, 2.45) is 0 Å². The number of aliphatic carboxylic acids is 1. The predicted molar refractivity (Wildman–Crippen MR) is 55.2 cm³/mol. The molecule has 5 heteroatoms. The summed E-state index contributed by atoms with van der Waals surface area (Å²) >= 11 is 0. The molecule has 0 aliphatic carbocycles. The van der Waals surface area contributed by atoms with Crippen LogP contribution in [0.5, 0.6) is 0 Å². The number of piperazine rings is 1. The van der Waals surface area contributed by atoms with Crippen molar-refractivity contribution >= 4 is 11.9 Å². The Hall–Kier alpha value is -1.52. The highest BCUT2D eigenvalue weighted by atomic mass is 16.4. The Bertz CT molecular complexity index is 310. The van der Waals surface area contributed by atoms with E-state index in [1.807, 2.05) is 0 Å². The zero-order chi connectivity index (χ0) is 11.6. The van der Waals surface area contributed by atoms with Crippen LogP contribution in [0.2, 0.25) is 0 Å². The number of hydrogen-bond donors (Lipinski definition) is 1. The van der Waals surface area contributed by atoms with Crippen LogP contribution in [0.3, 0.4) is 0 Å². The Labute approximate surface area is 89.0 Å². The van der Waals surface area contributed by atoms with Gasteiger partial charge in [0.25, 0.3) is 0 Å². The van der Waals surface area contributed by atoms with Gasteiger partial charge < -0.3 is 14.9 Å². The van der Waals surface area contributed by atoms with E-state index in [9.17, 15) is 9.59 Å². The molecule has 0 unspecified atom stereocenters. The smallest absolute Gasteiger partial charge is 0.329 e. The van der Waals surface area contributed by atoms with Gasteiger partial charge in [0.2, 0.25) is 5.91 Å². The van der Waals surface area contributed by atoms with Crippen molar-refractivity contribution in [3.05, 3.63) is 12.3 Å². The van der Waals surface area contributed by atoms with Gasteiger partial charge in [-0.2, -0.15) is 0 Å². The van der Waals surface area contributed by atoms with Crippen molar-refractivity contribution in [2.75, 3.05) is 20.1 Å². The molecule has 1 heterocycles. The Kier molecular flexibility index (Phi) is 3.02. The molecule has 84 valence electrons. The topological polar surface area (TPSA) is 60.9 Å². The van der Waals surface area contributed by atoms with E-state index in [-0.39, 0.29) is 5.91 Å². The first-order valence-electron chi connectivity index (χ1n) is 4.79. The molecule has 1 rings (SSSR count). The summed E-state index contributed by atoms with van der Waals surface area (Å²) in [6.45, 7) is 4.85. The van der Waals surface area contributed by atoms with E-state index in [2.05, 4.69) is 0 Å². The number of carbonyl (C=O) groups is 2. The van der Waals surface area contributed by atoms with Crippen LogP contribution in [-0.2, 0) is 9.59 Å². The van der Waals surface area contributed by atoms with Gasteiger partial charge in [0, 0.05) is 32.4 Å². The highest BCUT2D eigenvalue weighted by Gasteiger charge is 2.38. The van der Waals surface area contributed by atoms with Gasteiger partial charge in [-0.25, -0.2) is 4.79 Å². The van der Waals surface area contributed by atoms with E-state index in [4.69, 9.17) is 5.11 Å². The van der Waals surface area contributed by atoms with Crippen LogP contribution in [-0.4, -0.2) is 52.5 Å². The maximum Gasteiger partial charge on any atom is 0.329 e. The van der Waals surface area contributed by atoms with E-state index < -0.39 is 11.5 Å². The largest absolute Gasteiger partial charge is 0.478 e. The molecule has 0 aromatic heterocycles. The number of likely N-dealkylation sites (N-methyl/N-ethyl adjacent to an activating group) is 1. The van der Waals surface area contributed by atoms with Crippen LogP contribution in [0.1, 0.15) is 13.8 Å². The number of amides is 1. The second kappa shape index (κ2) is 3.92. The first kappa shape index (κ1) is 11.6. The average Bonchev–Trinajstić information content (AvgIpc) is 2.13. The van der Waals surface area contributed by atoms with E-state index in [1.54, 1.807) is 30.7 Å². The lowest BCUT2D eigenvalue weighted by molar-refractivity contribution is -0.144. The minimum atomic E-state index is -1.00. The number of carboxylic acid groups (broad SMARTS) is 1. The van der Waals surface area contributed by atoms with Crippen LogP contribution in [0, 0.1) is 0 Å². The fraction of sp³-hybridized carbons (Fsp3) is 0.600. The summed E-state index contributed by atoms with van der Waals surface area (Å²) in [4.78, 5) is 25.6. The summed E-state index contributed by atoms with van der Waals surface area (Å²) in [6, 6.07) is 0. The minimum absolute atomic E-state index is 0.00351. The number of rotatable bonds is 2. The van der Waals surface area contributed by atoms with Crippen LogP contribution >= 0.6 is 0 Å². The quantitative estimate of drug-likeness (QED) is 0.661. The second-order valence-corrected chi connectivity index (χ2v) is 4.13. The maximum absolute atomic E-state index is 11.8. The molecule has 1 amide bonds. The monoisotopic (exact) mass is 212 g/mol. The van der Waals surface area contributed by atoms with Crippen LogP contribution < -0.4 is 0 Å². The molecule has 0 aromatic rings. The molecule has 0 radical (unpaired) electrons. The first-order valence-corrected chi connectivity index (χ1v) is 4.79. The van der Waals surface area contributed by atoms with Crippen molar-refractivity contribution in [2.45, 2.75) is 19.4 Å². The van der Waals surface area contributed by atoms with Crippen molar-refractivity contribution in [1.82, 2.24) is 9.80 Å². The molecular weight excluding hydrogens is 196 g/mol. The fourth-order valence-electron chi connectivity index (χ4n) is 1.64. The van der Waals surface area contributed by atoms with Gasteiger partial charge in [-0.15, -0.1) is 0 Å². The zero-order valence-electron chi connectivity index (χ0n) is 9.23. The Morgan fingerprint density at radius 2 is 2.07 bits per heavy atom. The van der Waals surface area contributed by atoms with Crippen molar-refractivity contribution in [1.29, 1.82) is 0 Å². The molecule has 0 saturated carbocycles. The molecule has 1 fully saturated rings. The minimum Gasteiger partial charge on any atom is -0.478 e. The highest BCUT2D eigenvalue weighted by molar-refractivity contribution is 5.86. The van der Waals surface area contributed by atoms with Crippen molar-refractivity contribution in [3.63, 3.8) is 0 Å². The van der Waals surface area contributed by atoms with Crippen molar-refractivity contribution < 1.29 is 14.7 Å². The average molecular weight is 212 g/mol. The molecule has 0 bridgehead atoms. The second-order valence-electron chi connectivity index (χ2n) is 4.13. The molecule has 5 nitrogen and oxygen atoms in total. The van der Waals surface area contributed by atoms with Crippen LogP contribution in [0.25, 0.3) is 0 Å². The summed E-state index contributed by atoms with van der Waals surface area (Å²) in [7, 11) is 1.75. The fourth-order valence-corrected chi connectivity index (χ4v) is 1.64. The van der Waals surface area contributed by atoms with Gasteiger partial charge in [-0.3, -0.25) is 4.79 Å². The SMILES string of the molecule is CN1CCN(C=CC(=O)O)C(C)(C)C1=O. The zero-order valence-corrected chi connectivity index (χ0v) is 9.23. The van der Waals surface area contributed by atoms with E-state index in [0.29, 0.717) is 13.1 Å². The maximum atomic E-state index is 11.8. The third-order valence-electron chi connectivity index (χ3n) is 2.66. The van der Waals surface area contributed by atoms with Crippen LogP contribution in [0.4, 0.5) is 0 Å². The summed E-state index contributed by atoms with van der Waals surface area (Å²) in [6.07, 6.45) is 2.52. The number of nitrogens with zero attached hydrogens (tertiary/aromatic N) is 2. The van der Waals surface area contributed by atoms with E-state index >= 15 is 0 Å². The van der Waals surface area contributed by atoms with Gasteiger partial charge in [0.1, 0.15) is 5.54 Å². The number of carboxylic acids is 1. The summed E-state index contributed by atoms with van der Waals surface area (Å²) in [5.74, 6) is -0.999. The molecule has 1 N–H and O–H groups in total. The van der Waals surface area contributed by atoms with Gasteiger partial charge >= 0.3 is 5.97 Å². The van der Waals surface area contributed by atoms with E-state index in [0.717, 1.165) is 6.08 Å². The lowest BCUT2D eigenvalue weighted by atomic mass is 9.98. The normalized spacial score (nSPS) is 21.1. The Morgan fingerprint density at radius 3 is 2.60 bits per heavy atom. The summed E-state index contributed by atoms with van der Waals surface area (Å²) < 4.78 is 0. The number of carbonyl (C=O) groups excluding carboxylic acids is 1. The molecular formula is C10H16N2O3. The van der Waals surface area contributed by atoms with Gasteiger partial charge in [0.05, 0.1) is 0 Å². The summed E-state index contributed by atoms with van der Waals surface area (Å²) in [5, 5.41) is 8.52. The van der Waals surface area contributed by atoms with E-state index in [1.165, 1.54) is 6.20 Å². The molecule has 1 aliphatic heterocycles. The highest BCUT2D eigenvalue weighted by Crippen LogP contribution is 2.21. The molecule has 15 heavy (non-hydrogen) atoms. The first-order chi connectivity index (χ1) is 6.85. The van der Waals surface area contributed by atoms with Gasteiger partial charge in [-0.1, -0.05) is 0 Å². The summed E-state index contributed by atoms with van der Waals surface area (Å²) in [5.41, 5.74) is -0.668. The number of hydrogen-bond acceptors (Lipinski definition) is 3. The lowest BCUT2D eigenvalue weighted by Gasteiger charge is -2.44. The molecule has 0 spiro atoms. The Balaban J connectivity index is 2.83.